The van der Waals surface area contributed by atoms with Gasteiger partial charge in [0.15, 0.2) is 0 Å². The Kier molecular flexibility index (Phi) is 2.11. The fraction of sp³-hybridized carbons (Fsp3) is 0.636. The van der Waals surface area contributed by atoms with E-state index in [0.29, 0.717) is 0 Å². The predicted octanol–water partition coefficient (Wildman–Crippen LogP) is 3.60. The Morgan fingerprint density at radius 3 is 1.82 bits per heavy atom. The molecule has 0 fully saturated rings. The maximum atomic E-state index is 2.46. The van der Waals surface area contributed by atoms with E-state index in [1.54, 1.807) is 11.1 Å². The Labute approximate surface area is 69.0 Å². The molecule has 0 aliphatic heterocycles. The van der Waals surface area contributed by atoms with Crippen molar-refractivity contribution < 1.29 is 0 Å². The van der Waals surface area contributed by atoms with Crippen LogP contribution in [0, 0.1) is 0 Å². The topological polar surface area (TPSA) is 0 Å². The SMILES string of the molecule is C1=C(C2=CCCCC2)CCC1. The molecule has 0 aromatic heterocycles. The number of hydrogen-bond acceptors (Lipinski definition) is 0. The summed E-state index contributed by atoms with van der Waals surface area (Å²) in [5.74, 6) is 0. The summed E-state index contributed by atoms with van der Waals surface area (Å²) in [5.41, 5.74) is 3.35. The highest BCUT2D eigenvalue weighted by atomic mass is 14.2. The predicted molar refractivity (Wildman–Crippen MR) is 48.5 cm³/mol. The number of rotatable bonds is 1. The van der Waals surface area contributed by atoms with E-state index in [1.165, 1.54) is 44.9 Å². The van der Waals surface area contributed by atoms with Crippen LogP contribution in [0.1, 0.15) is 44.9 Å². The van der Waals surface area contributed by atoms with Crippen molar-refractivity contribution in [2.45, 2.75) is 44.9 Å². The highest BCUT2D eigenvalue weighted by Gasteiger charge is 2.11. The van der Waals surface area contributed by atoms with Gasteiger partial charge in [-0.1, -0.05) is 12.2 Å². The number of hydrogen-bond donors (Lipinski definition) is 0. The smallest absolute Gasteiger partial charge is 0.0276 e. The van der Waals surface area contributed by atoms with Gasteiger partial charge in [-0.2, -0.15) is 0 Å². The van der Waals surface area contributed by atoms with Crippen LogP contribution < -0.4 is 0 Å². The van der Waals surface area contributed by atoms with Crippen molar-refractivity contribution in [1.29, 1.82) is 0 Å². The van der Waals surface area contributed by atoms with Crippen LogP contribution in [-0.4, -0.2) is 0 Å². The van der Waals surface area contributed by atoms with Crippen LogP contribution in [0.2, 0.25) is 0 Å². The molecule has 0 bridgehead atoms. The molecule has 0 nitrogen and oxygen atoms in total. The average molecular weight is 148 g/mol. The maximum absolute atomic E-state index is 2.46. The Hall–Kier alpha value is -0.520. The van der Waals surface area contributed by atoms with Gasteiger partial charge in [-0.15, -0.1) is 0 Å². The van der Waals surface area contributed by atoms with Crippen molar-refractivity contribution >= 4 is 0 Å². The summed E-state index contributed by atoms with van der Waals surface area (Å²) < 4.78 is 0. The highest BCUT2D eigenvalue weighted by Crippen LogP contribution is 2.30. The minimum atomic E-state index is 1.33. The van der Waals surface area contributed by atoms with E-state index in [0.717, 1.165) is 0 Å². The second kappa shape index (κ2) is 3.25. The van der Waals surface area contributed by atoms with Crippen molar-refractivity contribution in [1.82, 2.24) is 0 Å². The summed E-state index contributed by atoms with van der Waals surface area (Å²) in [7, 11) is 0. The van der Waals surface area contributed by atoms with Crippen LogP contribution in [0.5, 0.6) is 0 Å². The maximum Gasteiger partial charge on any atom is -0.0276 e. The van der Waals surface area contributed by atoms with E-state index in [9.17, 15) is 0 Å². The molecule has 11 heavy (non-hydrogen) atoms. The monoisotopic (exact) mass is 148 g/mol. The summed E-state index contributed by atoms with van der Waals surface area (Å²) in [6.45, 7) is 0. The summed E-state index contributed by atoms with van der Waals surface area (Å²) in [6.07, 6.45) is 14.5. The zero-order valence-corrected chi connectivity index (χ0v) is 7.10. The average Bonchev–Trinajstić information content (AvgIpc) is 2.58. The molecule has 0 heterocycles. The molecule has 0 unspecified atom stereocenters. The van der Waals surface area contributed by atoms with Gasteiger partial charge in [0.25, 0.3) is 0 Å². The third-order valence-electron chi connectivity index (χ3n) is 2.74. The van der Waals surface area contributed by atoms with Crippen LogP contribution in [0.15, 0.2) is 23.3 Å². The lowest BCUT2D eigenvalue weighted by Gasteiger charge is -2.13. The molecule has 0 aromatic carbocycles. The Morgan fingerprint density at radius 1 is 0.727 bits per heavy atom. The third-order valence-corrected chi connectivity index (χ3v) is 2.74. The first-order valence-electron chi connectivity index (χ1n) is 4.85. The Morgan fingerprint density at radius 2 is 1.36 bits per heavy atom. The molecule has 0 heteroatoms. The molecule has 0 aromatic rings. The zero-order valence-electron chi connectivity index (χ0n) is 7.10. The Bertz CT molecular complexity index is 196. The second-order valence-corrected chi connectivity index (χ2v) is 3.60. The van der Waals surface area contributed by atoms with Crippen LogP contribution >= 0.6 is 0 Å². The first-order valence-corrected chi connectivity index (χ1v) is 4.85. The minimum absolute atomic E-state index is 1.33. The van der Waals surface area contributed by atoms with Crippen molar-refractivity contribution in [2.24, 2.45) is 0 Å². The first kappa shape index (κ1) is 7.15. The fourth-order valence-corrected chi connectivity index (χ4v) is 2.09. The summed E-state index contributed by atoms with van der Waals surface area (Å²) in [5, 5.41) is 0. The quantitative estimate of drug-likeness (QED) is 0.533. The van der Waals surface area contributed by atoms with Gasteiger partial charge in [0.1, 0.15) is 0 Å². The van der Waals surface area contributed by atoms with E-state index >= 15 is 0 Å². The molecule has 0 spiro atoms. The standard InChI is InChI=1S/C11H16/c1-2-6-10(7-3-1)11-8-4-5-9-11/h6,8H,1-5,7,9H2. The second-order valence-electron chi connectivity index (χ2n) is 3.60. The molecule has 2 rings (SSSR count). The fourth-order valence-electron chi connectivity index (χ4n) is 2.09. The Balaban J connectivity index is 2.07. The highest BCUT2D eigenvalue weighted by molar-refractivity contribution is 5.33. The van der Waals surface area contributed by atoms with E-state index in [2.05, 4.69) is 12.2 Å². The molecule has 2 aliphatic rings. The molecule has 0 amide bonds. The molecule has 2 aliphatic carbocycles. The largest absolute Gasteiger partial charge is 0.0811 e. The summed E-state index contributed by atoms with van der Waals surface area (Å²) >= 11 is 0. The molecule has 0 N–H and O–H groups in total. The van der Waals surface area contributed by atoms with Crippen LogP contribution in [-0.2, 0) is 0 Å². The molecule has 0 atom stereocenters. The van der Waals surface area contributed by atoms with E-state index in [1.807, 2.05) is 0 Å². The molecule has 0 radical (unpaired) electrons. The van der Waals surface area contributed by atoms with Crippen molar-refractivity contribution in [3.63, 3.8) is 0 Å². The van der Waals surface area contributed by atoms with E-state index in [4.69, 9.17) is 0 Å². The lowest BCUT2D eigenvalue weighted by Crippen LogP contribution is -1.93. The van der Waals surface area contributed by atoms with Crippen molar-refractivity contribution in [2.75, 3.05) is 0 Å². The van der Waals surface area contributed by atoms with Gasteiger partial charge in [0.05, 0.1) is 0 Å². The molecule has 60 valence electrons. The van der Waals surface area contributed by atoms with Gasteiger partial charge in [-0.3, -0.25) is 0 Å². The van der Waals surface area contributed by atoms with Gasteiger partial charge < -0.3 is 0 Å². The first-order chi connectivity index (χ1) is 5.47. The van der Waals surface area contributed by atoms with Crippen molar-refractivity contribution in [3.05, 3.63) is 23.3 Å². The van der Waals surface area contributed by atoms with E-state index < -0.39 is 0 Å². The zero-order chi connectivity index (χ0) is 7.52. The van der Waals surface area contributed by atoms with Gasteiger partial charge in [-0.25, -0.2) is 0 Å². The number of allylic oxidation sites excluding steroid dienone is 4. The molecular formula is C11H16. The summed E-state index contributed by atoms with van der Waals surface area (Å²) in [6, 6.07) is 0. The van der Waals surface area contributed by atoms with Crippen molar-refractivity contribution in [3.8, 4) is 0 Å². The lowest BCUT2D eigenvalue weighted by molar-refractivity contribution is 0.701. The third kappa shape index (κ3) is 1.55. The van der Waals surface area contributed by atoms with Gasteiger partial charge in [0.2, 0.25) is 0 Å². The van der Waals surface area contributed by atoms with Crippen LogP contribution in [0.4, 0.5) is 0 Å². The lowest BCUT2D eigenvalue weighted by atomic mass is 9.93. The normalized spacial score (nSPS) is 24.7. The summed E-state index contributed by atoms with van der Waals surface area (Å²) in [4.78, 5) is 0. The van der Waals surface area contributed by atoms with Gasteiger partial charge in [0, 0.05) is 0 Å². The minimum Gasteiger partial charge on any atom is -0.0811 e. The van der Waals surface area contributed by atoms with Gasteiger partial charge in [-0.05, 0) is 56.1 Å². The van der Waals surface area contributed by atoms with Gasteiger partial charge >= 0.3 is 0 Å². The molecule has 0 saturated carbocycles. The molecule has 0 saturated heterocycles. The molecular weight excluding hydrogens is 132 g/mol. The van der Waals surface area contributed by atoms with E-state index in [-0.39, 0.29) is 0 Å². The van der Waals surface area contributed by atoms with Crippen LogP contribution in [0.3, 0.4) is 0 Å². The van der Waals surface area contributed by atoms with Crippen LogP contribution in [0.25, 0.3) is 0 Å².